The minimum absolute atomic E-state index is 0.0400. The summed E-state index contributed by atoms with van der Waals surface area (Å²) >= 11 is 1.32. The van der Waals surface area contributed by atoms with E-state index in [2.05, 4.69) is 0 Å². The summed E-state index contributed by atoms with van der Waals surface area (Å²) in [6, 6.07) is 6.50. The van der Waals surface area contributed by atoms with Crippen molar-refractivity contribution in [3.05, 3.63) is 35.0 Å². The van der Waals surface area contributed by atoms with Crippen LogP contribution in [0.2, 0.25) is 0 Å². The number of benzene rings is 1. The van der Waals surface area contributed by atoms with E-state index in [-0.39, 0.29) is 17.6 Å². The lowest BCUT2D eigenvalue weighted by Crippen LogP contribution is -2.36. The molecule has 0 spiro atoms. The molecule has 1 aliphatic heterocycles. The maximum Gasteiger partial charge on any atom is 0.264 e. The van der Waals surface area contributed by atoms with Gasteiger partial charge in [-0.3, -0.25) is 9.59 Å². The van der Waals surface area contributed by atoms with Gasteiger partial charge in [0.1, 0.15) is 5.82 Å². The van der Waals surface area contributed by atoms with Gasteiger partial charge in [-0.15, -0.1) is 11.3 Å². The molecule has 0 atom stereocenters. The fraction of sp³-hybridized carbons (Fsp3) is 0.375. The van der Waals surface area contributed by atoms with E-state index in [0.29, 0.717) is 36.4 Å². The zero-order chi connectivity index (χ0) is 15.7. The van der Waals surface area contributed by atoms with Crippen molar-refractivity contribution in [1.82, 2.24) is 9.80 Å². The lowest BCUT2D eigenvalue weighted by Gasteiger charge is -2.20. The van der Waals surface area contributed by atoms with Gasteiger partial charge in [0.15, 0.2) is 0 Å². The highest BCUT2D eigenvalue weighted by molar-refractivity contribution is 7.20. The van der Waals surface area contributed by atoms with Crippen molar-refractivity contribution in [2.45, 2.75) is 13.3 Å². The lowest BCUT2D eigenvalue weighted by molar-refractivity contribution is -0.128. The molecule has 0 N–H and O–H groups in total. The van der Waals surface area contributed by atoms with Crippen LogP contribution in [0.5, 0.6) is 0 Å². The number of fused-ring (bicyclic) bond motifs is 1. The Balaban J connectivity index is 1.80. The maximum absolute atomic E-state index is 13.7. The highest BCUT2D eigenvalue weighted by Gasteiger charge is 2.23. The van der Waals surface area contributed by atoms with E-state index in [1.165, 1.54) is 17.4 Å². The summed E-state index contributed by atoms with van der Waals surface area (Å²) in [4.78, 5) is 28.1. The molecule has 1 saturated heterocycles. The Morgan fingerprint density at radius 3 is 2.59 bits per heavy atom. The predicted molar refractivity (Wildman–Crippen MR) is 84.6 cm³/mol. The van der Waals surface area contributed by atoms with Gasteiger partial charge in [-0.25, -0.2) is 4.39 Å². The zero-order valence-corrected chi connectivity index (χ0v) is 13.2. The second kappa shape index (κ2) is 6.04. The molecule has 1 aromatic heterocycles. The second-order valence-corrected chi connectivity index (χ2v) is 6.50. The van der Waals surface area contributed by atoms with Crippen LogP contribution in [-0.4, -0.2) is 47.8 Å². The normalized spacial score (nSPS) is 15.9. The number of thiophene rings is 1. The van der Waals surface area contributed by atoms with E-state index in [9.17, 15) is 14.0 Å². The molecular weight excluding hydrogens is 303 g/mol. The molecule has 0 saturated carbocycles. The van der Waals surface area contributed by atoms with Crippen LogP contribution >= 0.6 is 11.3 Å². The number of nitrogens with zero attached hydrogens (tertiary/aromatic N) is 2. The first-order valence-electron chi connectivity index (χ1n) is 7.29. The van der Waals surface area contributed by atoms with Gasteiger partial charge in [-0.05, 0) is 24.6 Å². The van der Waals surface area contributed by atoms with Crippen LogP contribution in [0, 0.1) is 5.82 Å². The standard InChI is InChI=1S/C16H17FN2O2S/c1-11(20)18-6-3-7-19(9-8-18)16(21)15-10-12-13(17)4-2-5-14(12)22-15/h2,4-5,10H,3,6-9H2,1H3. The third-order valence-electron chi connectivity index (χ3n) is 3.95. The van der Waals surface area contributed by atoms with E-state index in [0.717, 1.165) is 11.1 Å². The van der Waals surface area contributed by atoms with Crippen molar-refractivity contribution >= 4 is 33.2 Å². The molecule has 2 heterocycles. The third-order valence-corrected chi connectivity index (χ3v) is 5.04. The number of hydrogen-bond acceptors (Lipinski definition) is 3. The van der Waals surface area contributed by atoms with Crippen molar-refractivity contribution in [3.8, 4) is 0 Å². The summed E-state index contributed by atoms with van der Waals surface area (Å²) < 4.78 is 14.5. The number of carbonyl (C=O) groups is 2. The molecule has 2 amide bonds. The van der Waals surface area contributed by atoms with E-state index in [4.69, 9.17) is 0 Å². The highest BCUT2D eigenvalue weighted by atomic mass is 32.1. The molecule has 3 rings (SSSR count). The van der Waals surface area contributed by atoms with Crippen molar-refractivity contribution in [1.29, 1.82) is 0 Å². The Hall–Kier alpha value is -1.95. The van der Waals surface area contributed by atoms with Crippen LogP contribution in [0.3, 0.4) is 0 Å². The first-order chi connectivity index (χ1) is 10.6. The van der Waals surface area contributed by atoms with Crippen LogP contribution in [0.1, 0.15) is 23.0 Å². The summed E-state index contributed by atoms with van der Waals surface area (Å²) in [7, 11) is 0. The maximum atomic E-state index is 13.7. The van der Waals surface area contributed by atoms with Gasteiger partial charge in [-0.2, -0.15) is 0 Å². The molecule has 1 aliphatic rings. The predicted octanol–water partition coefficient (Wildman–Crippen LogP) is 2.73. The molecule has 0 unspecified atom stereocenters. The average Bonchev–Trinajstić information content (AvgIpc) is 2.77. The van der Waals surface area contributed by atoms with Gasteiger partial charge < -0.3 is 9.80 Å². The minimum Gasteiger partial charge on any atom is -0.341 e. The monoisotopic (exact) mass is 320 g/mol. The van der Waals surface area contributed by atoms with Crippen LogP contribution in [-0.2, 0) is 4.79 Å². The van der Waals surface area contributed by atoms with Gasteiger partial charge in [-0.1, -0.05) is 6.07 Å². The van der Waals surface area contributed by atoms with Crippen LogP contribution in [0.25, 0.3) is 10.1 Å². The molecule has 22 heavy (non-hydrogen) atoms. The van der Waals surface area contributed by atoms with E-state index in [1.807, 2.05) is 6.07 Å². The minimum atomic E-state index is -0.300. The Labute approximate surface area is 132 Å². The van der Waals surface area contributed by atoms with Crippen LogP contribution in [0.4, 0.5) is 4.39 Å². The van der Waals surface area contributed by atoms with E-state index >= 15 is 0 Å². The molecule has 116 valence electrons. The van der Waals surface area contributed by atoms with Crippen molar-refractivity contribution in [2.75, 3.05) is 26.2 Å². The fourth-order valence-electron chi connectivity index (χ4n) is 2.72. The summed E-state index contributed by atoms with van der Waals surface area (Å²) in [6.45, 7) is 3.93. The number of amides is 2. The smallest absolute Gasteiger partial charge is 0.264 e. The number of rotatable bonds is 1. The fourth-order valence-corrected chi connectivity index (χ4v) is 3.77. The van der Waals surface area contributed by atoms with Gasteiger partial charge >= 0.3 is 0 Å². The summed E-state index contributed by atoms with van der Waals surface area (Å²) in [5, 5.41) is 0.496. The molecular formula is C16H17FN2O2S. The van der Waals surface area contributed by atoms with Crippen LogP contribution < -0.4 is 0 Å². The SMILES string of the molecule is CC(=O)N1CCCN(C(=O)c2cc3c(F)cccc3s2)CC1. The van der Waals surface area contributed by atoms with E-state index < -0.39 is 0 Å². The van der Waals surface area contributed by atoms with Gasteiger partial charge in [0.05, 0.1) is 4.88 Å². The second-order valence-electron chi connectivity index (χ2n) is 5.41. The molecule has 0 aliphatic carbocycles. The first-order valence-corrected chi connectivity index (χ1v) is 8.11. The van der Waals surface area contributed by atoms with Crippen molar-refractivity contribution < 1.29 is 14.0 Å². The molecule has 0 radical (unpaired) electrons. The van der Waals surface area contributed by atoms with Crippen molar-refractivity contribution in [3.63, 3.8) is 0 Å². The summed E-state index contributed by atoms with van der Waals surface area (Å²) in [6.07, 6.45) is 0.768. The molecule has 1 fully saturated rings. The Morgan fingerprint density at radius 2 is 1.86 bits per heavy atom. The highest BCUT2D eigenvalue weighted by Crippen LogP contribution is 2.28. The van der Waals surface area contributed by atoms with Gasteiger partial charge in [0.25, 0.3) is 5.91 Å². The molecule has 1 aromatic carbocycles. The Bertz CT molecular complexity index is 728. The lowest BCUT2D eigenvalue weighted by atomic mass is 10.2. The molecule has 2 aromatic rings. The van der Waals surface area contributed by atoms with Crippen molar-refractivity contribution in [2.24, 2.45) is 0 Å². The number of halogens is 1. The Morgan fingerprint density at radius 1 is 1.14 bits per heavy atom. The third kappa shape index (κ3) is 2.83. The van der Waals surface area contributed by atoms with Gasteiger partial charge in [0.2, 0.25) is 5.91 Å². The largest absolute Gasteiger partial charge is 0.341 e. The summed E-state index contributed by atoms with van der Waals surface area (Å²) in [5.74, 6) is -0.337. The summed E-state index contributed by atoms with van der Waals surface area (Å²) in [5.41, 5.74) is 0. The zero-order valence-electron chi connectivity index (χ0n) is 12.3. The van der Waals surface area contributed by atoms with E-state index in [1.54, 1.807) is 28.9 Å². The molecule has 0 bridgehead atoms. The number of hydrogen-bond donors (Lipinski definition) is 0. The quantitative estimate of drug-likeness (QED) is 0.810. The van der Waals surface area contributed by atoms with Gasteiger partial charge in [0, 0.05) is 43.2 Å². The Kier molecular flexibility index (Phi) is 4.11. The first kappa shape index (κ1) is 15.0. The van der Waals surface area contributed by atoms with Crippen LogP contribution in [0.15, 0.2) is 24.3 Å². The topological polar surface area (TPSA) is 40.6 Å². The number of carbonyl (C=O) groups excluding carboxylic acids is 2. The average molecular weight is 320 g/mol. The molecule has 6 heteroatoms. The molecule has 4 nitrogen and oxygen atoms in total.